The molecule has 1 aliphatic rings. The maximum absolute atomic E-state index is 11.9. The van der Waals surface area contributed by atoms with Gasteiger partial charge in [0.1, 0.15) is 0 Å². The van der Waals surface area contributed by atoms with Crippen molar-refractivity contribution < 1.29 is 22.8 Å². The van der Waals surface area contributed by atoms with Crippen molar-refractivity contribution in [3.05, 3.63) is 11.7 Å². The fraction of sp³-hybridized carbons (Fsp3) is 0.864. The summed E-state index contributed by atoms with van der Waals surface area (Å²) in [5.41, 5.74) is 0.467. The molecule has 1 aliphatic carbocycles. The van der Waals surface area contributed by atoms with Gasteiger partial charge in [-0.25, -0.2) is 13.1 Å². The normalized spacial score (nSPS) is 18.3. The average molecular weight is 457 g/mol. The number of sulfonamides is 1. The summed E-state index contributed by atoms with van der Waals surface area (Å²) in [6, 6.07) is 0. The van der Waals surface area contributed by atoms with E-state index in [1.165, 1.54) is 32.1 Å². The van der Waals surface area contributed by atoms with Crippen molar-refractivity contribution in [3.8, 4) is 0 Å². The Morgan fingerprint density at radius 2 is 1.87 bits per heavy atom. The molecule has 1 aromatic rings. The number of nitrogens with one attached hydrogen (secondary N) is 1. The molecule has 0 spiro atoms. The zero-order valence-corrected chi connectivity index (χ0v) is 20.4. The Bertz CT molecular complexity index is 820. The van der Waals surface area contributed by atoms with E-state index in [-0.39, 0.29) is 35.5 Å². The molecule has 31 heavy (non-hydrogen) atoms. The van der Waals surface area contributed by atoms with E-state index >= 15 is 0 Å². The standard InChI is InChI=1S/C22H39N3O5S/c1-16(2)31(28,29)23-15-18-24-20(30-25-18)17(14-19(26)27)10-9-13-22(21(3,4)5)11-7-6-8-12-22/h16-17,23H,6-15H2,1-5H3,(H,26,27)/p-1. The highest BCUT2D eigenvalue weighted by atomic mass is 32.2. The van der Waals surface area contributed by atoms with E-state index in [0.29, 0.717) is 6.42 Å². The molecule has 1 unspecified atom stereocenters. The Morgan fingerprint density at radius 1 is 1.23 bits per heavy atom. The minimum absolute atomic E-state index is 0.0881. The Hall–Kier alpha value is -1.48. The van der Waals surface area contributed by atoms with E-state index in [9.17, 15) is 18.3 Å². The lowest BCUT2D eigenvalue weighted by molar-refractivity contribution is -0.306. The zero-order chi connectivity index (χ0) is 23.3. The minimum Gasteiger partial charge on any atom is -0.550 e. The van der Waals surface area contributed by atoms with E-state index in [2.05, 4.69) is 35.6 Å². The number of carboxylic acids is 1. The first-order valence-corrected chi connectivity index (χ1v) is 12.9. The molecule has 9 heteroatoms. The maximum Gasteiger partial charge on any atom is 0.230 e. The van der Waals surface area contributed by atoms with Crippen LogP contribution in [0.3, 0.4) is 0 Å². The van der Waals surface area contributed by atoms with Crippen LogP contribution in [0.5, 0.6) is 0 Å². The number of carbonyl (C=O) groups excluding carboxylic acids is 1. The monoisotopic (exact) mass is 456 g/mol. The summed E-state index contributed by atoms with van der Waals surface area (Å²) in [5, 5.41) is 14.6. The van der Waals surface area contributed by atoms with Gasteiger partial charge in [0.25, 0.3) is 0 Å². The van der Waals surface area contributed by atoms with Gasteiger partial charge in [0.15, 0.2) is 5.82 Å². The average Bonchev–Trinajstić information content (AvgIpc) is 3.14. The zero-order valence-electron chi connectivity index (χ0n) is 19.6. The Labute approximate surface area is 186 Å². The summed E-state index contributed by atoms with van der Waals surface area (Å²) < 4.78 is 31.6. The van der Waals surface area contributed by atoms with Crippen molar-refractivity contribution in [2.75, 3.05) is 0 Å². The smallest absolute Gasteiger partial charge is 0.230 e. The lowest BCUT2D eigenvalue weighted by Crippen LogP contribution is -2.37. The van der Waals surface area contributed by atoms with E-state index in [4.69, 9.17) is 4.52 Å². The highest BCUT2D eigenvalue weighted by molar-refractivity contribution is 7.90. The van der Waals surface area contributed by atoms with Gasteiger partial charge in [0.2, 0.25) is 15.9 Å². The lowest BCUT2D eigenvalue weighted by atomic mass is 9.57. The van der Waals surface area contributed by atoms with Gasteiger partial charge < -0.3 is 14.4 Å². The highest BCUT2D eigenvalue weighted by Crippen LogP contribution is 2.53. The van der Waals surface area contributed by atoms with Gasteiger partial charge >= 0.3 is 0 Å². The van der Waals surface area contributed by atoms with Gasteiger partial charge in [-0.2, -0.15) is 4.98 Å². The largest absolute Gasteiger partial charge is 0.550 e. The van der Waals surface area contributed by atoms with Crippen LogP contribution in [0.25, 0.3) is 0 Å². The molecule has 0 amide bonds. The molecule has 1 N–H and O–H groups in total. The fourth-order valence-electron chi connectivity index (χ4n) is 4.64. The van der Waals surface area contributed by atoms with Crippen LogP contribution < -0.4 is 9.83 Å². The quantitative estimate of drug-likeness (QED) is 0.541. The van der Waals surface area contributed by atoms with Crippen LogP contribution in [-0.4, -0.2) is 29.8 Å². The minimum atomic E-state index is -3.45. The number of hydrogen-bond donors (Lipinski definition) is 1. The Morgan fingerprint density at radius 3 is 2.42 bits per heavy atom. The van der Waals surface area contributed by atoms with Crippen molar-refractivity contribution >= 4 is 16.0 Å². The third kappa shape index (κ3) is 7.00. The number of aliphatic carboxylic acids is 1. The number of aromatic nitrogens is 2. The Balaban J connectivity index is 2.04. The number of carboxylic acid groups (broad SMARTS) is 1. The van der Waals surface area contributed by atoms with E-state index < -0.39 is 27.2 Å². The molecule has 0 aromatic carbocycles. The first-order valence-electron chi connectivity index (χ1n) is 11.4. The summed E-state index contributed by atoms with van der Waals surface area (Å²) >= 11 is 0. The van der Waals surface area contributed by atoms with Gasteiger partial charge in [-0.05, 0) is 56.8 Å². The maximum atomic E-state index is 11.9. The molecule has 0 radical (unpaired) electrons. The summed E-state index contributed by atoms with van der Waals surface area (Å²) in [5.74, 6) is -1.17. The molecule has 8 nitrogen and oxygen atoms in total. The van der Waals surface area contributed by atoms with Crippen LogP contribution in [0.4, 0.5) is 0 Å². The number of hydrogen-bond acceptors (Lipinski definition) is 7. The molecule has 1 atom stereocenters. The first-order chi connectivity index (χ1) is 14.4. The number of carbonyl (C=O) groups is 1. The molecular formula is C22H38N3O5S-. The molecule has 1 saturated carbocycles. The van der Waals surface area contributed by atoms with Crippen LogP contribution in [0.1, 0.15) is 110 Å². The molecule has 0 bridgehead atoms. The van der Waals surface area contributed by atoms with Gasteiger partial charge in [0, 0.05) is 11.9 Å². The van der Waals surface area contributed by atoms with Crippen molar-refractivity contribution in [1.29, 1.82) is 0 Å². The topological polar surface area (TPSA) is 125 Å². The molecule has 2 rings (SSSR count). The SMILES string of the molecule is CC(C)S(=O)(=O)NCc1noc(C(CCCC2(C(C)(C)C)CCCCC2)CC(=O)[O-])n1. The van der Waals surface area contributed by atoms with Crippen LogP contribution >= 0.6 is 0 Å². The van der Waals surface area contributed by atoms with Crippen LogP contribution in [0.2, 0.25) is 0 Å². The van der Waals surface area contributed by atoms with Crippen LogP contribution in [0, 0.1) is 10.8 Å². The van der Waals surface area contributed by atoms with Crippen LogP contribution in [0.15, 0.2) is 4.52 Å². The van der Waals surface area contributed by atoms with Gasteiger partial charge in [-0.1, -0.05) is 51.6 Å². The predicted molar refractivity (Wildman–Crippen MR) is 116 cm³/mol. The van der Waals surface area contributed by atoms with Crippen LogP contribution in [-0.2, 0) is 21.4 Å². The van der Waals surface area contributed by atoms with Gasteiger partial charge in [0.05, 0.1) is 11.8 Å². The number of rotatable bonds is 11. The lowest BCUT2D eigenvalue weighted by Gasteiger charge is -2.48. The van der Waals surface area contributed by atoms with E-state index in [1.807, 2.05) is 0 Å². The van der Waals surface area contributed by atoms with E-state index in [1.54, 1.807) is 13.8 Å². The predicted octanol–water partition coefficient (Wildman–Crippen LogP) is 3.29. The number of nitrogens with zero attached hydrogens (tertiary/aromatic N) is 2. The van der Waals surface area contributed by atoms with E-state index in [0.717, 1.165) is 12.8 Å². The summed E-state index contributed by atoms with van der Waals surface area (Å²) in [6.45, 7) is 9.99. The highest BCUT2D eigenvalue weighted by Gasteiger charge is 2.41. The van der Waals surface area contributed by atoms with Gasteiger partial charge in [-0.3, -0.25) is 0 Å². The third-order valence-corrected chi connectivity index (χ3v) is 8.70. The third-order valence-electron chi connectivity index (χ3n) is 6.91. The van der Waals surface area contributed by atoms with Crippen molar-refractivity contribution in [1.82, 2.24) is 14.9 Å². The molecule has 0 saturated heterocycles. The molecule has 1 aromatic heterocycles. The van der Waals surface area contributed by atoms with Crippen molar-refractivity contribution in [3.63, 3.8) is 0 Å². The fourth-order valence-corrected chi connectivity index (χ4v) is 5.30. The second-order valence-corrected chi connectivity index (χ2v) is 12.5. The Kier molecular flexibility index (Phi) is 8.67. The second kappa shape index (κ2) is 10.4. The van der Waals surface area contributed by atoms with Crippen molar-refractivity contribution in [2.24, 2.45) is 10.8 Å². The molecular weight excluding hydrogens is 418 g/mol. The van der Waals surface area contributed by atoms with Crippen molar-refractivity contribution in [2.45, 2.75) is 110 Å². The second-order valence-electron chi connectivity index (χ2n) is 10.2. The first kappa shape index (κ1) is 25.8. The molecule has 178 valence electrons. The molecule has 1 heterocycles. The summed E-state index contributed by atoms with van der Waals surface area (Å²) in [4.78, 5) is 15.6. The van der Waals surface area contributed by atoms with Gasteiger partial charge in [-0.15, -0.1) is 0 Å². The molecule has 0 aliphatic heterocycles. The summed E-state index contributed by atoms with van der Waals surface area (Å²) in [6.07, 6.45) is 8.54. The summed E-state index contributed by atoms with van der Waals surface area (Å²) in [7, 11) is -3.45. The molecule has 1 fully saturated rings.